The van der Waals surface area contributed by atoms with Crippen LogP contribution in [0.2, 0.25) is 0 Å². The third kappa shape index (κ3) is 2.30. The lowest BCUT2D eigenvalue weighted by molar-refractivity contribution is 0.794. The van der Waals surface area contributed by atoms with Crippen LogP contribution in [0, 0.1) is 0 Å². The topological polar surface area (TPSA) is 66.9 Å². The van der Waals surface area contributed by atoms with Crippen LogP contribution >= 0.6 is 0 Å². The third-order valence-electron chi connectivity index (χ3n) is 2.96. The Morgan fingerprint density at radius 2 is 2.11 bits per heavy atom. The van der Waals surface area contributed by atoms with Crippen LogP contribution in [0.15, 0.2) is 27.8 Å². The first-order chi connectivity index (χ1) is 8.63. The van der Waals surface area contributed by atoms with Crippen molar-refractivity contribution in [3.8, 4) is 0 Å². The molecule has 5 nitrogen and oxygen atoms in total. The van der Waals surface area contributed by atoms with E-state index in [1.807, 2.05) is 6.07 Å². The normalized spacial score (nSPS) is 10.8. The first-order valence-corrected chi connectivity index (χ1v) is 6.10. The van der Waals surface area contributed by atoms with Gasteiger partial charge in [-0.15, -0.1) is 0 Å². The summed E-state index contributed by atoms with van der Waals surface area (Å²) >= 11 is 0. The van der Waals surface area contributed by atoms with E-state index in [1.165, 1.54) is 7.05 Å². The first kappa shape index (κ1) is 12.4. The van der Waals surface area contributed by atoms with Gasteiger partial charge in [-0.25, -0.2) is 4.79 Å². The van der Waals surface area contributed by atoms with Crippen LogP contribution in [0.4, 0.5) is 5.69 Å². The molecule has 0 atom stereocenters. The number of rotatable bonds is 4. The molecule has 96 valence electrons. The van der Waals surface area contributed by atoms with Crippen molar-refractivity contribution >= 4 is 16.6 Å². The second-order valence-corrected chi connectivity index (χ2v) is 4.34. The van der Waals surface area contributed by atoms with E-state index in [-0.39, 0.29) is 5.56 Å². The number of hydrogen-bond donors (Lipinski definition) is 2. The molecule has 2 N–H and O–H groups in total. The summed E-state index contributed by atoms with van der Waals surface area (Å²) in [6.45, 7) is 3.01. The van der Waals surface area contributed by atoms with Crippen molar-refractivity contribution in [1.82, 2.24) is 9.55 Å². The molecular weight excluding hydrogens is 230 g/mol. The maximum Gasteiger partial charge on any atom is 0.328 e. The number of benzene rings is 1. The molecule has 0 saturated heterocycles. The summed E-state index contributed by atoms with van der Waals surface area (Å²) in [5, 5.41) is 3.79. The second-order valence-electron chi connectivity index (χ2n) is 4.34. The molecule has 0 aliphatic rings. The Bertz CT molecular complexity index is 670. The Morgan fingerprint density at radius 3 is 2.83 bits per heavy atom. The number of anilines is 1. The molecule has 2 rings (SSSR count). The van der Waals surface area contributed by atoms with Crippen LogP contribution in [-0.4, -0.2) is 16.1 Å². The van der Waals surface area contributed by atoms with Crippen molar-refractivity contribution in [2.75, 3.05) is 11.9 Å². The first-order valence-electron chi connectivity index (χ1n) is 6.10. The highest BCUT2D eigenvalue weighted by Crippen LogP contribution is 2.13. The summed E-state index contributed by atoms with van der Waals surface area (Å²) in [5.41, 5.74) is 0.830. The molecule has 0 bridgehead atoms. The molecule has 0 radical (unpaired) electrons. The SMILES string of the molecule is CCCCNc1ccc2c(=O)n(C)c(=O)[nH]c2c1. The molecule has 18 heavy (non-hydrogen) atoms. The Balaban J connectivity index is 2.43. The maximum atomic E-state index is 11.8. The van der Waals surface area contributed by atoms with Crippen molar-refractivity contribution in [3.05, 3.63) is 39.0 Å². The minimum atomic E-state index is -0.391. The van der Waals surface area contributed by atoms with Crippen LogP contribution in [0.25, 0.3) is 10.9 Å². The molecule has 0 amide bonds. The Morgan fingerprint density at radius 1 is 1.33 bits per heavy atom. The largest absolute Gasteiger partial charge is 0.385 e. The molecular formula is C13H17N3O2. The predicted molar refractivity (Wildman–Crippen MR) is 73.2 cm³/mol. The maximum absolute atomic E-state index is 11.8. The average molecular weight is 247 g/mol. The highest BCUT2D eigenvalue weighted by Gasteiger charge is 2.04. The monoisotopic (exact) mass is 247 g/mol. The molecule has 0 aliphatic heterocycles. The zero-order chi connectivity index (χ0) is 13.1. The van der Waals surface area contributed by atoms with Gasteiger partial charge in [0.2, 0.25) is 0 Å². The van der Waals surface area contributed by atoms with E-state index in [1.54, 1.807) is 12.1 Å². The summed E-state index contributed by atoms with van der Waals surface area (Å²) in [5.74, 6) is 0. The number of fused-ring (bicyclic) bond motifs is 1. The number of nitrogens with zero attached hydrogens (tertiary/aromatic N) is 1. The van der Waals surface area contributed by atoms with E-state index in [4.69, 9.17) is 0 Å². The van der Waals surface area contributed by atoms with Gasteiger partial charge in [0.25, 0.3) is 5.56 Å². The van der Waals surface area contributed by atoms with Gasteiger partial charge in [0, 0.05) is 19.3 Å². The van der Waals surface area contributed by atoms with Gasteiger partial charge in [0.15, 0.2) is 0 Å². The summed E-state index contributed by atoms with van der Waals surface area (Å²) in [6, 6.07) is 5.40. The second kappa shape index (κ2) is 5.08. The van der Waals surface area contributed by atoms with E-state index in [9.17, 15) is 9.59 Å². The number of H-pyrrole nitrogens is 1. The lowest BCUT2D eigenvalue weighted by Crippen LogP contribution is -2.32. The van der Waals surface area contributed by atoms with Gasteiger partial charge >= 0.3 is 5.69 Å². The van der Waals surface area contributed by atoms with Gasteiger partial charge in [-0.05, 0) is 24.6 Å². The highest BCUT2D eigenvalue weighted by molar-refractivity contribution is 5.81. The summed E-state index contributed by atoms with van der Waals surface area (Å²) in [4.78, 5) is 26.1. The van der Waals surface area contributed by atoms with Crippen molar-refractivity contribution in [3.63, 3.8) is 0 Å². The number of unbranched alkanes of at least 4 members (excludes halogenated alkanes) is 1. The van der Waals surface area contributed by atoms with Gasteiger partial charge in [0.1, 0.15) is 0 Å². The molecule has 0 saturated carbocycles. The fraction of sp³-hybridized carbons (Fsp3) is 0.385. The average Bonchev–Trinajstić information content (AvgIpc) is 2.36. The smallest absolute Gasteiger partial charge is 0.328 e. The lowest BCUT2D eigenvalue weighted by Gasteiger charge is -2.07. The van der Waals surface area contributed by atoms with E-state index in [0.29, 0.717) is 10.9 Å². The number of aromatic nitrogens is 2. The van der Waals surface area contributed by atoms with Crippen LogP contribution in [-0.2, 0) is 7.05 Å². The standard InChI is InChI=1S/C13H17N3O2/c1-3-4-7-14-9-5-6-10-11(8-9)15-13(18)16(2)12(10)17/h5-6,8,14H,3-4,7H2,1-2H3,(H,15,18). The molecule has 5 heteroatoms. The lowest BCUT2D eigenvalue weighted by atomic mass is 10.2. The summed E-state index contributed by atoms with van der Waals surface area (Å²) in [7, 11) is 1.47. The molecule has 1 aromatic heterocycles. The zero-order valence-electron chi connectivity index (χ0n) is 10.6. The van der Waals surface area contributed by atoms with Gasteiger partial charge in [-0.1, -0.05) is 13.3 Å². The molecule has 1 heterocycles. The van der Waals surface area contributed by atoms with E-state index in [2.05, 4.69) is 17.2 Å². The van der Waals surface area contributed by atoms with Crippen molar-refractivity contribution < 1.29 is 0 Å². The van der Waals surface area contributed by atoms with Crippen LogP contribution in [0.5, 0.6) is 0 Å². The van der Waals surface area contributed by atoms with Gasteiger partial charge < -0.3 is 10.3 Å². The van der Waals surface area contributed by atoms with E-state index >= 15 is 0 Å². The molecule has 0 unspecified atom stereocenters. The fourth-order valence-electron chi connectivity index (χ4n) is 1.83. The number of aromatic amines is 1. The van der Waals surface area contributed by atoms with Crippen molar-refractivity contribution in [2.45, 2.75) is 19.8 Å². The van der Waals surface area contributed by atoms with E-state index in [0.717, 1.165) is 29.6 Å². The Hall–Kier alpha value is -2.04. The molecule has 0 spiro atoms. The van der Waals surface area contributed by atoms with Gasteiger partial charge in [-0.2, -0.15) is 0 Å². The van der Waals surface area contributed by atoms with Crippen LogP contribution in [0.1, 0.15) is 19.8 Å². The minimum absolute atomic E-state index is 0.270. The zero-order valence-corrected chi connectivity index (χ0v) is 10.6. The highest BCUT2D eigenvalue weighted by atomic mass is 16.2. The molecule has 0 fully saturated rings. The predicted octanol–water partition coefficient (Wildman–Crippen LogP) is 1.44. The van der Waals surface area contributed by atoms with Crippen LogP contribution < -0.4 is 16.6 Å². The number of hydrogen-bond acceptors (Lipinski definition) is 3. The number of nitrogens with one attached hydrogen (secondary N) is 2. The fourth-order valence-corrected chi connectivity index (χ4v) is 1.83. The third-order valence-corrected chi connectivity index (χ3v) is 2.96. The van der Waals surface area contributed by atoms with Gasteiger partial charge in [-0.3, -0.25) is 9.36 Å². The van der Waals surface area contributed by atoms with Gasteiger partial charge in [0.05, 0.1) is 10.9 Å². The summed E-state index contributed by atoms with van der Waals surface area (Å²) < 4.78 is 1.08. The quantitative estimate of drug-likeness (QED) is 0.803. The van der Waals surface area contributed by atoms with Crippen LogP contribution in [0.3, 0.4) is 0 Å². The summed E-state index contributed by atoms with van der Waals surface area (Å²) in [6.07, 6.45) is 2.21. The minimum Gasteiger partial charge on any atom is -0.385 e. The van der Waals surface area contributed by atoms with Crippen molar-refractivity contribution in [1.29, 1.82) is 0 Å². The van der Waals surface area contributed by atoms with E-state index < -0.39 is 5.69 Å². The Kier molecular flexibility index (Phi) is 3.50. The molecule has 2 aromatic rings. The van der Waals surface area contributed by atoms with Crippen molar-refractivity contribution in [2.24, 2.45) is 7.05 Å². The molecule has 0 aliphatic carbocycles. The Labute approximate surface area is 104 Å². The molecule has 1 aromatic carbocycles.